The van der Waals surface area contributed by atoms with E-state index >= 15 is 0 Å². The normalized spacial score (nSPS) is 20.2. The van der Waals surface area contributed by atoms with E-state index in [9.17, 15) is 13.5 Å². The zero-order chi connectivity index (χ0) is 13.3. The average Bonchev–Trinajstić information content (AvgIpc) is 2.18. The first-order valence-corrected chi connectivity index (χ1v) is 8.31. The number of hydrogen-bond acceptors (Lipinski definition) is 4. The summed E-state index contributed by atoms with van der Waals surface area (Å²) in [6.45, 7) is 1.73. The molecule has 1 aliphatic heterocycles. The fourth-order valence-electron chi connectivity index (χ4n) is 1.87. The third-order valence-electron chi connectivity index (χ3n) is 2.70. The Kier molecular flexibility index (Phi) is 3.99. The van der Waals surface area contributed by atoms with Gasteiger partial charge in [0.05, 0.1) is 22.1 Å². The van der Waals surface area contributed by atoms with Crippen molar-refractivity contribution in [2.24, 2.45) is 0 Å². The molecule has 4 nitrogen and oxygen atoms in total. The third-order valence-corrected chi connectivity index (χ3v) is 5.08. The molecule has 18 heavy (non-hydrogen) atoms. The minimum absolute atomic E-state index is 0.0921. The summed E-state index contributed by atoms with van der Waals surface area (Å²) in [6.07, 6.45) is -0.0502. The van der Waals surface area contributed by atoms with Gasteiger partial charge in [0.1, 0.15) is 11.9 Å². The summed E-state index contributed by atoms with van der Waals surface area (Å²) in [7, 11) is -2.86. The first-order valence-electron chi connectivity index (χ1n) is 5.69. The zero-order valence-corrected chi connectivity index (χ0v) is 12.4. The lowest BCUT2D eigenvalue weighted by Gasteiger charge is -2.27. The number of aliphatic hydroxyl groups excluding tert-OH is 1. The molecule has 1 fully saturated rings. The first-order chi connectivity index (χ1) is 8.35. The Hall–Kier alpha value is -0.590. The van der Waals surface area contributed by atoms with Crippen LogP contribution in [0.1, 0.15) is 12.5 Å². The Labute approximate surface area is 115 Å². The summed E-state index contributed by atoms with van der Waals surface area (Å²) >= 11 is 3.39. The van der Waals surface area contributed by atoms with Crippen LogP contribution in [0.3, 0.4) is 0 Å². The molecule has 1 aromatic carbocycles. The van der Waals surface area contributed by atoms with Crippen LogP contribution in [0.5, 0.6) is 5.75 Å². The van der Waals surface area contributed by atoms with Crippen LogP contribution < -0.4 is 4.74 Å². The van der Waals surface area contributed by atoms with E-state index in [0.29, 0.717) is 12.2 Å². The van der Waals surface area contributed by atoms with E-state index in [1.165, 1.54) is 0 Å². The average molecular weight is 335 g/mol. The molecule has 6 heteroatoms. The Morgan fingerprint density at radius 1 is 1.50 bits per heavy atom. The van der Waals surface area contributed by atoms with Gasteiger partial charge in [0.15, 0.2) is 9.84 Å². The van der Waals surface area contributed by atoms with Crippen molar-refractivity contribution in [2.75, 3.05) is 11.5 Å². The lowest BCUT2D eigenvalue weighted by atomic mass is 10.1. The highest BCUT2D eigenvalue weighted by atomic mass is 79.9. The van der Waals surface area contributed by atoms with Gasteiger partial charge in [-0.3, -0.25) is 0 Å². The summed E-state index contributed by atoms with van der Waals surface area (Å²) in [6, 6.07) is 5.56. The van der Waals surface area contributed by atoms with Crippen LogP contribution in [-0.2, 0) is 16.3 Å². The number of aliphatic hydroxyl groups is 1. The van der Waals surface area contributed by atoms with Crippen molar-refractivity contribution in [3.63, 3.8) is 0 Å². The fourth-order valence-corrected chi connectivity index (χ4v) is 3.56. The highest BCUT2D eigenvalue weighted by Gasteiger charge is 2.35. The van der Waals surface area contributed by atoms with Crippen LogP contribution in [-0.4, -0.2) is 37.2 Å². The summed E-state index contributed by atoms with van der Waals surface area (Å²) in [5, 5.41) is 9.30. The summed E-state index contributed by atoms with van der Waals surface area (Å²) in [4.78, 5) is 0. The predicted molar refractivity (Wildman–Crippen MR) is 72.6 cm³/mol. The number of hydrogen-bond donors (Lipinski definition) is 1. The lowest BCUT2D eigenvalue weighted by Crippen LogP contribution is -2.45. The van der Waals surface area contributed by atoms with Gasteiger partial charge in [-0.2, -0.15) is 0 Å². The van der Waals surface area contributed by atoms with Crippen molar-refractivity contribution in [1.29, 1.82) is 0 Å². The number of sulfone groups is 1. The van der Waals surface area contributed by atoms with E-state index in [2.05, 4.69) is 15.9 Å². The van der Waals surface area contributed by atoms with Gasteiger partial charge in [0, 0.05) is 0 Å². The van der Waals surface area contributed by atoms with E-state index in [1.54, 1.807) is 13.0 Å². The molecule has 1 atom stereocenters. The minimum atomic E-state index is -2.86. The van der Waals surface area contributed by atoms with Gasteiger partial charge in [0.25, 0.3) is 0 Å². The maximum atomic E-state index is 11.0. The molecule has 0 aliphatic carbocycles. The molecule has 0 saturated carbocycles. The fraction of sp³-hybridized carbons (Fsp3) is 0.500. The van der Waals surface area contributed by atoms with Crippen LogP contribution >= 0.6 is 15.9 Å². The minimum Gasteiger partial charge on any atom is -0.487 e. The van der Waals surface area contributed by atoms with Gasteiger partial charge in [0.2, 0.25) is 0 Å². The summed E-state index contributed by atoms with van der Waals surface area (Å²) in [5.41, 5.74) is 1.01. The molecule has 2 rings (SSSR count). The Morgan fingerprint density at radius 2 is 2.17 bits per heavy atom. The first kappa shape index (κ1) is 13.8. The van der Waals surface area contributed by atoms with Crippen LogP contribution in [0.15, 0.2) is 22.7 Å². The second-order valence-electron chi connectivity index (χ2n) is 4.63. The molecule has 1 unspecified atom stereocenters. The molecule has 0 aromatic heterocycles. The van der Waals surface area contributed by atoms with Gasteiger partial charge in [-0.15, -0.1) is 0 Å². The van der Waals surface area contributed by atoms with Crippen LogP contribution in [0.25, 0.3) is 0 Å². The van der Waals surface area contributed by atoms with E-state index < -0.39 is 9.84 Å². The largest absolute Gasteiger partial charge is 0.487 e. The molecule has 1 aromatic rings. The molecule has 1 heterocycles. The molecule has 1 aliphatic rings. The highest BCUT2D eigenvalue weighted by Crippen LogP contribution is 2.29. The standard InChI is InChI=1S/C12H15BrO4S/c1-8(14)4-9-2-3-12(11(13)5-9)17-10-6-18(15,16)7-10/h2-3,5,8,10,14H,4,6-7H2,1H3. The quantitative estimate of drug-likeness (QED) is 0.907. The molecule has 0 spiro atoms. The Balaban J connectivity index is 2.02. The van der Waals surface area contributed by atoms with Crippen molar-refractivity contribution in [2.45, 2.75) is 25.6 Å². The molecule has 0 bridgehead atoms. The maximum absolute atomic E-state index is 11.0. The summed E-state index contributed by atoms with van der Waals surface area (Å²) in [5.74, 6) is 0.827. The second-order valence-corrected chi connectivity index (χ2v) is 7.64. The van der Waals surface area contributed by atoms with Crippen molar-refractivity contribution >= 4 is 25.8 Å². The maximum Gasteiger partial charge on any atom is 0.157 e. The zero-order valence-electron chi connectivity index (χ0n) is 9.97. The third kappa shape index (κ3) is 3.46. The van der Waals surface area contributed by atoms with Crippen molar-refractivity contribution in [1.82, 2.24) is 0 Å². The number of halogens is 1. The number of ether oxygens (including phenoxy) is 1. The van der Waals surface area contributed by atoms with E-state index in [4.69, 9.17) is 4.74 Å². The van der Waals surface area contributed by atoms with Gasteiger partial charge >= 0.3 is 0 Å². The van der Waals surface area contributed by atoms with E-state index in [0.717, 1.165) is 10.0 Å². The molecule has 0 radical (unpaired) electrons. The Morgan fingerprint density at radius 3 is 2.67 bits per heavy atom. The number of benzene rings is 1. The van der Waals surface area contributed by atoms with Crippen molar-refractivity contribution in [3.05, 3.63) is 28.2 Å². The highest BCUT2D eigenvalue weighted by molar-refractivity contribution is 9.10. The molecule has 1 saturated heterocycles. The second kappa shape index (κ2) is 5.19. The van der Waals surface area contributed by atoms with E-state index in [-0.39, 0.29) is 23.7 Å². The van der Waals surface area contributed by atoms with Gasteiger partial charge in [-0.1, -0.05) is 6.07 Å². The van der Waals surface area contributed by atoms with Crippen LogP contribution in [0.4, 0.5) is 0 Å². The lowest BCUT2D eigenvalue weighted by molar-refractivity contribution is 0.195. The summed E-state index contributed by atoms with van der Waals surface area (Å²) < 4.78 is 28.4. The van der Waals surface area contributed by atoms with Crippen LogP contribution in [0, 0.1) is 0 Å². The van der Waals surface area contributed by atoms with Crippen molar-refractivity contribution < 1.29 is 18.3 Å². The molecule has 100 valence electrons. The molecule has 1 N–H and O–H groups in total. The van der Waals surface area contributed by atoms with Gasteiger partial charge in [-0.05, 0) is 47.0 Å². The van der Waals surface area contributed by atoms with Gasteiger partial charge in [-0.25, -0.2) is 8.42 Å². The monoisotopic (exact) mass is 334 g/mol. The van der Waals surface area contributed by atoms with Crippen molar-refractivity contribution in [3.8, 4) is 5.75 Å². The van der Waals surface area contributed by atoms with E-state index in [1.807, 2.05) is 12.1 Å². The smallest absolute Gasteiger partial charge is 0.157 e. The van der Waals surface area contributed by atoms with Crippen LogP contribution in [0.2, 0.25) is 0 Å². The SMILES string of the molecule is CC(O)Cc1ccc(OC2CS(=O)(=O)C2)c(Br)c1. The molecule has 0 amide bonds. The topological polar surface area (TPSA) is 63.6 Å². The molecular formula is C12H15BrO4S. The number of rotatable bonds is 4. The van der Waals surface area contributed by atoms with Gasteiger partial charge < -0.3 is 9.84 Å². The predicted octanol–water partition coefficient (Wildman–Crippen LogP) is 1.55. The Bertz CT molecular complexity index is 527. The molecular weight excluding hydrogens is 320 g/mol.